The molecule has 3 unspecified atom stereocenters. The average molecular weight is 394 g/mol. The van der Waals surface area contributed by atoms with Crippen molar-refractivity contribution in [1.29, 1.82) is 0 Å². The van der Waals surface area contributed by atoms with E-state index in [1.807, 2.05) is 41.1 Å². The van der Waals surface area contributed by atoms with Crippen LogP contribution in [0.2, 0.25) is 0 Å². The molecule has 3 aliphatic heterocycles. The number of aromatic nitrogens is 3. The molecule has 5 rings (SSSR count). The Bertz CT molecular complexity index is 927. The highest BCUT2D eigenvalue weighted by atomic mass is 16.2. The van der Waals surface area contributed by atoms with Gasteiger partial charge in [-0.2, -0.15) is 5.10 Å². The van der Waals surface area contributed by atoms with Crippen LogP contribution in [0.15, 0.2) is 30.6 Å². The Morgan fingerprint density at radius 1 is 1.10 bits per heavy atom. The molecule has 0 saturated carbocycles. The van der Waals surface area contributed by atoms with Crippen molar-refractivity contribution in [3.05, 3.63) is 42.0 Å². The van der Waals surface area contributed by atoms with Crippen LogP contribution in [0.3, 0.4) is 0 Å². The summed E-state index contributed by atoms with van der Waals surface area (Å²) in [5.74, 6) is 1.08. The lowest BCUT2D eigenvalue weighted by Crippen LogP contribution is -2.58. The summed E-state index contributed by atoms with van der Waals surface area (Å²) in [5.41, 5.74) is 1.54. The lowest BCUT2D eigenvalue weighted by atomic mass is 10.0. The zero-order valence-corrected chi connectivity index (χ0v) is 16.6. The summed E-state index contributed by atoms with van der Waals surface area (Å²) in [6.07, 6.45) is 6.07. The first kappa shape index (κ1) is 18.1. The highest BCUT2D eigenvalue weighted by molar-refractivity contribution is 6.00. The summed E-state index contributed by atoms with van der Waals surface area (Å²) in [4.78, 5) is 34.9. The molecule has 29 heavy (non-hydrogen) atoms. The van der Waals surface area contributed by atoms with E-state index in [0.717, 1.165) is 43.6 Å². The number of carbonyl (C=O) groups is 2. The molecule has 4 heterocycles. The molecular weight excluding hydrogens is 368 g/mol. The number of fused-ring (bicyclic) bond motifs is 3. The maximum atomic E-state index is 13.3. The van der Waals surface area contributed by atoms with Crippen LogP contribution in [0.5, 0.6) is 0 Å². The molecule has 8 nitrogen and oxygen atoms in total. The Morgan fingerprint density at radius 3 is 2.62 bits per heavy atom. The number of likely N-dealkylation sites (tertiary alicyclic amines) is 1. The van der Waals surface area contributed by atoms with Crippen molar-refractivity contribution >= 4 is 17.5 Å². The van der Waals surface area contributed by atoms with Crippen molar-refractivity contribution < 1.29 is 9.59 Å². The quantitative estimate of drug-likeness (QED) is 0.857. The van der Waals surface area contributed by atoms with Gasteiger partial charge in [-0.05, 0) is 37.8 Å². The van der Waals surface area contributed by atoms with Gasteiger partial charge in [0.25, 0.3) is 5.91 Å². The summed E-state index contributed by atoms with van der Waals surface area (Å²) >= 11 is 0. The van der Waals surface area contributed by atoms with Crippen LogP contribution in [-0.4, -0.2) is 68.6 Å². The zero-order chi connectivity index (χ0) is 20.0. The molecule has 2 amide bonds. The van der Waals surface area contributed by atoms with Gasteiger partial charge in [-0.1, -0.05) is 12.1 Å². The molecule has 3 atom stereocenters. The number of aryl methyl sites for hydroxylation is 1. The molecule has 1 N–H and O–H groups in total. The van der Waals surface area contributed by atoms with Gasteiger partial charge in [0, 0.05) is 32.2 Å². The van der Waals surface area contributed by atoms with Crippen LogP contribution >= 0.6 is 0 Å². The summed E-state index contributed by atoms with van der Waals surface area (Å²) in [5, 5.41) is 7.41. The maximum absolute atomic E-state index is 13.3. The topological polar surface area (TPSA) is 83.4 Å². The molecule has 8 heteroatoms. The van der Waals surface area contributed by atoms with E-state index in [1.54, 1.807) is 11.0 Å². The SMILES string of the molecule is CNc1ccccc1C(=O)N1C2CCC1CN(C(=O)C1CCCc3ncnn31)C2. The molecule has 2 fully saturated rings. The number of rotatable bonds is 3. The minimum absolute atomic E-state index is 0.0609. The van der Waals surface area contributed by atoms with Crippen LogP contribution in [0, 0.1) is 0 Å². The van der Waals surface area contributed by atoms with Crippen molar-refractivity contribution in [2.24, 2.45) is 0 Å². The Kier molecular flexibility index (Phi) is 4.49. The first-order chi connectivity index (χ1) is 14.2. The number of amides is 2. The van der Waals surface area contributed by atoms with E-state index in [-0.39, 0.29) is 29.9 Å². The van der Waals surface area contributed by atoms with E-state index in [0.29, 0.717) is 18.7 Å². The Morgan fingerprint density at radius 2 is 1.86 bits per heavy atom. The van der Waals surface area contributed by atoms with Gasteiger partial charge in [-0.15, -0.1) is 0 Å². The maximum Gasteiger partial charge on any atom is 0.256 e. The second-order valence-electron chi connectivity index (χ2n) is 8.17. The van der Waals surface area contributed by atoms with Crippen LogP contribution < -0.4 is 5.32 Å². The number of carbonyl (C=O) groups excluding carboxylic acids is 2. The molecule has 152 valence electrons. The van der Waals surface area contributed by atoms with Crippen LogP contribution in [-0.2, 0) is 11.2 Å². The smallest absolute Gasteiger partial charge is 0.256 e. The third kappa shape index (κ3) is 2.97. The number of para-hydroxylation sites is 1. The molecule has 0 radical (unpaired) electrons. The normalized spacial score (nSPS) is 25.6. The fraction of sp³-hybridized carbons (Fsp3) is 0.524. The second kappa shape index (κ2) is 7.17. The average Bonchev–Trinajstić information content (AvgIpc) is 3.34. The van der Waals surface area contributed by atoms with Crippen LogP contribution in [0.1, 0.15) is 47.9 Å². The molecule has 1 aromatic heterocycles. The molecule has 2 saturated heterocycles. The van der Waals surface area contributed by atoms with Gasteiger partial charge < -0.3 is 15.1 Å². The van der Waals surface area contributed by atoms with Gasteiger partial charge >= 0.3 is 0 Å². The summed E-state index contributed by atoms with van der Waals surface area (Å²) in [6.45, 7) is 1.20. The third-order valence-electron chi connectivity index (χ3n) is 6.56. The Labute approximate surface area is 169 Å². The van der Waals surface area contributed by atoms with E-state index in [2.05, 4.69) is 15.4 Å². The summed E-state index contributed by atoms with van der Waals surface area (Å²) < 4.78 is 1.80. The highest BCUT2D eigenvalue weighted by Gasteiger charge is 2.45. The van der Waals surface area contributed by atoms with E-state index in [4.69, 9.17) is 0 Å². The number of anilines is 1. The number of benzene rings is 1. The summed E-state index contributed by atoms with van der Waals surface area (Å²) in [7, 11) is 1.83. The first-order valence-electron chi connectivity index (χ1n) is 10.4. The number of hydrogen-bond donors (Lipinski definition) is 1. The van der Waals surface area contributed by atoms with E-state index in [1.165, 1.54) is 0 Å². The van der Waals surface area contributed by atoms with Gasteiger partial charge in [0.15, 0.2) is 0 Å². The highest BCUT2D eigenvalue weighted by Crippen LogP contribution is 2.34. The van der Waals surface area contributed by atoms with Crippen molar-refractivity contribution in [3.8, 4) is 0 Å². The van der Waals surface area contributed by atoms with Crippen molar-refractivity contribution in [2.45, 2.75) is 50.2 Å². The fourth-order valence-corrected chi connectivity index (χ4v) is 5.17. The number of hydrogen-bond acceptors (Lipinski definition) is 5. The molecule has 3 aliphatic rings. The Balaban J connectivity index is 1.34. The number of nitrogens with one attached hydrogen (secondary N) is 1. The van der Waals surface area contributed by atoms with E-state index < -0.39 is 0 Å². The predicted molar refractivity (Wildman–Crippen MR) is 108 cm³/mol. The number of piperazine rings is 1. The van der Waals surface area contributed by atoms with Crippen molar-refractivity contribution in [2.75, 3.05) is 25.5 Å². The first-order valence-corrected chi connectivity index (χ1v) is 10.4. The standard InChI is InChI=1S/C21H26N6O2/c1-22-17-6-3-2-5-16(17)20(28)26-14-9-10-15(26)12-25(11-14)21(29)18-7-4-8-19-23-13-24-27(18)19/h2-3,5-6,13-15,18,22H,4,7-12H2,1H3. The Hall–Kier alpha value is -2.90. The predicted octanol–water partition coefficient (Wildman–Crippen LogP) is 1.71. The number of nitrogens with zero attached hydrogens (tertiary/aromatic N) is 5. The molecule has 1 aromatic carbocycles. The van der Waals surface area contributed by atoms with Crippen molar-refractivity contribution in [1.82, 2.24) is 24.6 Å². The van der Waals surface area contributed by atoms with Gasteiger partial charge in [-0.3, -0.25) is 9.59 Å². The minimum atomic E-state index is -0.257. The summed E-state index contributed by atoms with van der Waals surface area (Å²) in [6, 6.07) is 7.52. The monoisotopic (exact) mass is 394 g/mol. The van der Waals surface area contributed by atoms with Gasteiger partial charge in [-0.25, -0.2) is 9.67 Å². The molecule has 0 spiro atoms. The fourth-order valence-electron chi connectivity index (χ4n) is 5.17. The van der Waals surface area contributed by atoms with Gasteiger partial charge in [0.1, 0.15) is 18.2 Å². The van der Waals surface area contributed by atoms with E-state index >= 15 is 0 Å². The third-order valence-corrected chi connectivity index (χ3v) is 6.56. The van der Waals surface area contributed by atoms with Crippen molar-refractivity contribution in [3.63, 3.8) is 0 Å². The molecule has 2 aromatic rings. The lowest BCUT2D eigenvalue weighted by molar-refractivity contribution is -0.138. The molecular formula is C21H26N6O2. The molecule has 2 bridgehead atoms. The van der Waals surface area contributed by atoms with Gasteiger partial charge in [0.2, 0.25) is 5.91 Å². The second-order valence-corrected chi connectivity index (χ2v) is 8.17. The molecule has 0 aliphatic carbocycles. The van der Waals surface area contributed by atoms with E-state index in [9.17, 15) is 9.59 Å². The lowest BCUT2D eigenvalue weighted by Gasteiger charge is -2.42. The minimum Gasteiger partial charge on any atom is -0.387 e. The van der Waals surface area contributed by atoms with Crippen LogP contribution in [0.4, 0.5) is 5.69 Å². The zero-order valence-electron chi connectivity index (χ0n) is 16.6. The van der Waals surface area contributed by atoms with Crippen LogP contribution in [0.25, 0.3) is 0 Å². The largest absolute Gasteiger partial charge is 0.387 e. The van der Waals surface area contributed by atoms with Gasteiger partial charge in [0.05, 0.1) is 17.6 Å².